The van der Waals surface area contributed by atoms with E-state index in [-0.39, 0.29) is 6.54 Å². The van der Waals surface area contributed by atoms with Crippen molar-refractivity contribution >= 4 is 21.9 Å². The van der Waals surface area contributed by atoms with E-state index in [0.717, 1.165) is 23.4 Å². The first-order chi connectivity index (χ1) is 11.5. The quantitative estimate of drug-likeness (QED) is 0.906. The fraction of sp³-hybridized carbons (Fsp3) is 0.278. The Hall–Kier alpha value is -2.18. The van der Waals surface area contributed by atoms with Crippen molar-refractivity contribution in [3.05, 3.63) is 64.2 Å². The van der Waals surface area contributed by atoms with Crippen molar-refractivity contribution in [2.75, 3.05) is 19.0 Å². The van der Waals surface area contributed by atoms with Crippen molar-refractivity contribution in [1.29, 1.82) is 0 Å². The second-order valence-electron chi connectivity index (χ2n) is 6.05. The molecule has 1 aliphatic carbocycles. The Morgan fingerprint density at radius 1 is 1.17 bits per heavy atom. The highest BCUT2D eigenvalue weighted by Crippen LogP contribution is 2.26. The van der Waals surface area contributed by atoms with Crippen LogP contribution < -0.4 is 9.62 Å². The molecule has 6 heteroatoms. The number of hydrogen-bond donors (Lipinski definition) is 1. The van der Waals surface area contributed by atoms with Gasteiger partial charge in [0.25, 0.3) is 0 Å². The Balaban J connectivity index is 1.76. The zero-order chi connectivity index (χ0) is 17.2. The molecule has 0 saturated carbocycles. The van der Waals surface area contributed by atoms with Gasteiger partial charge >= 0.3 is 0 Å². The summed E-state index contributed by atoms with van der Waals surface area (Å²) in [5, 5.41) is 0. The van der Waals surface area contributed by atoms with Crippen molar-refractivity contribution in [2.45, 2.75) is 19.4 Å². The van der Waals surface area contributed by atoms with E-state index in [4.69, 9.17) is 0 Å². The van der Waals surface area contributed by atoms with Gasteiger partial charge in [-0.1, -0.05) is 24.3 Å². The van der Waals surface area contributed by atoms with E-state index in [0.29, 0.717) is 11.3 Å². The van der Waals surface area contributed by atoms with Gasteiger partial charge in [0.2, 0.25) is 10.0 Å². The van der Waals surface area contributed by atoms with Gasteiger partial charge in [-0.15, -0.1) is 0 Å². The molecule has 0 amide bonds. The SMILES string of the molecule is CN(C)c1cc(CNS(=O)(=O)C2=Cc3ccccc3CC2)ccn1. The number of nitrogens with zero attached hydrogens (tertiary/aromatic N) is 2. The van der Waals surface area contributed by atoms with Crippen LogP contribution in [0.25, 0.3) is 6.08 Å². The van der Waals surface area contributed by atoms with Crippen LogP contribution in [0, 0.1) is 0 Å². The summed E-state index contributed by atoms with van der Waals surface area (Å²) >= 11 is 0. The van der Waals surface area contributed by atoms with Crippen LogP contribution in [0.15, 0.2) is 47.5 Å². The Morgan fingerprint density at radius 3 is 2.75 bits per heavy atom. The number of rotatable bonds is 5. The third-order valence-electron chi connectivity index (χ3n) is 4.09. The number of aryl methyl sites for hydroxylation is 1. The second-order valence-corrected chi connectivity index (χ2v) is 7.87. The first kappa shape index (κ1) is 16.7. The van der Waals surface area contributed by atoms with E-state index in [1.54, 1.807) is 12.3 Å². The lowest BCUT2D eigenvalue weighted by atomic mass is 9.98. The largest absolute Gasteiger partial charge is 0.363 e. The van der Waals surface area contributed by atoms with Crippen LogP contribution in [-0.2, 0) is 23.0 Å². The third kappa shape index (κ3) is 3.66. The highest BCUT2D eigenvalue weighted by atomic mass is 32.2. The summed E-state index contributed by atoms with van der Waals surface area (Å²) < 4.78 is 27.9. The normalized spacial score (nSPS) is 14.0. The average molecular weight is 343 g/mol. The van der Waals surface area contributed by atoms with Gasteiger partial charge in [-0.2, -0.15) is 0 Å². The fourth-order valence-corrected chi connectivity index (χ4v) is 3.90. The number of aromatic nitrogens is 1. The van der Waals surface area contributed by atoms with Gasteiger partial charge in [-0.25, -0.2) is 18.1 Å². The standard InChI is InChI=1S/C18H21N3O2S/c1-21(2)18-11-14(9-10-19-18)13-20-24(22,23)17-8-7-15-5-3-4-6-16(15)12-17/h3-6,9-12,20H,7-8,13H2,1-2H3. The van der Waals surface area contributed by atoms with E-state index in [2.05, 4.69) is 9.71 Å². The lowest BCUT2D eigenvalue weighted by Gasteiger charge is -2.17. The molecule has 1 N–H and O–H groups in total. The molecule has 1 aromatic heterocycles. The Morgan fingerprint density at radius 2 is 1.96 bits per heavy atom. The molecular weight excluding hydrogens is 322 g/mol. The van der Waals surface area contributed by atoms with Crippen molar-refractivity contribution in [1.82, 2.24) is 9.71 Å². The zero-order valence-corrected chi connectivity index (χ0v) is 14.7. The molecule has 0 radical (unpaired) electrons. The fourth-order valence-electron chi connectivity index (χ4n) is 2.70. The van der Waals surface area contributed by atoms with Crippen molar-refractivity contribution in [3.8, 4) is 0 Å². The molecule has 0 unspecified atom stereocenters. The van der Waals surface area contributed by atoms with Crippen LogP contribution in [0.2, 0.25) is 0 Å². The van der Waals surface area contributed by atoms with E-state index in [1.165, 1.54) is 5.56 Å². The van der Waals surface area contributed by atoms with Gasteiger partial charge in [0.1, 0.15) is 5.82 Å². The van der Waals surface area contributed by atoms with E-state index >= 15 is 0 Å². The summed E-state index contributed by atoms with van der Waals surface area (Å²) in [4.78, 5) is 6.57. The number of hydrogen-bond acceptors (Lipinski definition) is 4. The topological polar surface area (TPSA) is 62.3 Å². The summed E-state index contributed by atoms with van der Waals surface area (Å²) in [6, 6.07) is 11.6. The number of pyridine rings is 1. The molecule has 0 aliphatic heterocycles. The first-order valence-corrected chi connectivity index (χ1v) is 9.34. The lowest BCUT2D eigenvalue weighted by molar-refractivity contribution is 0.585. The number of allylic oxidation sites excluding steroid dienone is 1. The zero-order valence-electron chi connectivity index (χ0n) is 13.9. The molecule has 24 heavy (non-hydrogen) atoms. The van der Waals surface area contributed by atoms with Gasteiger partial charge in [0.15, 0.2) is 0 Å². The monoisotopic (exact) mass is 343 g/mol. The molecule has 3 rings (SSSR count). The van der Waals surface area contributed by atoms with E-state index < -0.39 is 10.0 Å². The van der Waals surface area contributed by atoms with Gasteiger partial charge in [0.05, 0.1) is 4.91 Å². The highest BCUT2D eigenvalue weighted by molar-refractivity contribution is 7.93. The molecule has 0 spiro atoms. The lowest BCUT2D eigenvalue weighted by Crippen LogP contribution is -2.26. The minimum Gasteiger partial charge on any atom is -0.363 e. The van der Waals surface area contributed by atoms with E-state index in [9.17, 15) is 8.42 Å². The molecule has 126 valence electrons. The summed E-state index contributed by atoms with van der Waals surface area (Å²) in [6.45, 7) is 0.255. The predicted octanol–water partition coefficient (Wildman–Crippen LogP) is 2.55. The number of anilines is 1. The molecule has 0 saturated heterocycles. The van der Waals surface area contributed by atoms with E-state index in [1.807, 2.05) is 55.4 Å². The number of sulfonamides is 1. The van der Waals surface area contributed by atoms with Gasteiger partial charge in [0, 0.05) is 26.8 Å². The van der Waals surface area contributed by atoms with Crippen molar-refractivity contribution in [2.24, 2.45) is 0 Å². The van der Waals surface area contributed by atoms with Crippen LogP contribution in [0.3, 0.4) is 0 Å². The molecule has 0 bridgehead atoms. The Labute approximate surface area is 143 Å². The third-order valence-corrected chi connectivity index (χ3v) is 5.63. The maximum atomic E-state index is 12.6. The van der Waals surface area contributed by atoms with Crippen LogP contribution in [0.4, 0.5) is 5.82 Å². The van der Waals surface area contributed by atoms with Crippen molar-refractivity contribution < 1.29 is 8.42 Å². The van der Waals surface area contributed by atoms with Gasteiger partial charge in [-0.05, 0) is 47.7 Å². The van der Waals surface area contributed by atoms with Gasteiger partial charge in [-0.3, -0.25) is 0 Å². The first-order valence-electron chi connectivity index (χ1n) is 7.86. The number of fused-ring (bicyclic) bond motifs is 1. The summed E-state index contributed by atoms with van der Waals surface area (Å²) in [5.74, 6) is 0.803. The van der Waals surface area contributed by atoms with Crippen LogP contribution in [0.5, 0.6) is 0 Å². The minimum atomic E-state index is -3.48. The molecule has 2 aromatic rings. The van der Waals surface area contributed by atoms with Crippen LogP contribution >= 0.6 is 0 Å². The number of benzene rings is 1. The molecular formula is C18H21N3O2S. The predicted molar refractivity (Wildman–Crippen MR) is 97.1 cm³/mol. The molecule has 0 fully saturated rings. The molecule has 0 atom stereocenters. The Kier molecular flexibility index (Phi) is 4.69. The molecule has 5 nitrogen and oxygen atoms in total. The highest BCUT2D eigenvalue weighted by Gasteiger charge is 2.21. The maximum Gasteiger partial charge on any atom is 0.237 e. The number of nitrogens with one attached hydrogen (secondary N) is 1. The summed E-state index contributed by atoms with van der Waals surface area (Å²) in [6.07, 6.45) is 4.75. The maximum absolute atomic E-state index is 12.6. The summed E-state index contributed by atoms with van der Waals surface area (Å²) in [7, 11) is 0.326. The molecule has 1 aromatic carbocycles. The smallest absolute Gasteiger partial charge is 0.237 e. The van der Waals surface area contributed by atoms with Crippen LogP contribution in [0.1, 0.15) is 23.1 Å². The second kappa shape index (κ2) is 6.75. The van der Waals surface area contributed by atoms with Crippen LogP contribution in [-0.4, -0.2) is 27.5 Å². The Bertz CT molecular complexity index is 873. The van der Waals surface area contributed by atoms with Crippen molar-refractivity contribution in [3.63, 3.8) is 0 Å². The van der Waals surface area contributed by atoms with Gasteiger partial charge < -0.3 is 4.90 Å². The minimum absolute atomic E-state index is 0.255. The molecule has 1 heterocycles. The molecule has 1 aliphatic rings. The average Bonchev–Trinajstić information content (AvgIpc) is 2.60. The summed E-state index contributed by atoms with van der Waals surface area (Å²) in [5.41, 5.74) is 3.07.